The number of ether oxygens (including phenoxy) is 1. The molecule has 4 heterocycles. The van der Waals surface area contributed by atoms with E-state index >= 15 is 0 Å². The molecule has 1 aliphatic heterocycles. The van der Waals surface area contributed by atoms with Crippen LogP contribution in [0, 0.1) is 0 Å². The third kappa shape index (κ3) is 4.70. The Hall–Kier alpha value is -2.73. The van der Waals surface area contributed by atoms with Crippen molar-refractivity contribution in [1.29, 1.82) is 0 Å². The van der Waals surface area contributed by atoms with Gasteiger partial charge in [-0.25, -0.2) is 15.0 Å². The third-order valence-corrected chi connectivity index (χ3v) is 4.76. The summed E-state index contributed by atoms with van der Waals surface area (Å²) in [6, 6.07) is 1.91. The molecule has 0 spiro atoms. The Morgan fingerprint density at radius 1 is 1.17 bits per heavy atom. The zero-order valence-electron chi connectivity index (χ0n) is 16.8. The number of morpholine rings is 1. The predicted molar refractivity (Wildman–Crippen MR) is 103 cm³/mol. The first kappa shape index (κ1) is 20.5. The molecule has 0 N–H and O–H groups in total. The number of hydrogen-bond acceptors (Lipinski definition) is 7. The summed E-state index contributed by atoms with van der Waals surface area (Å²) in [5.74, 6) is 0.983. The second-order valence-corrected chi connectivity index (χ2v) is 7.38. The van der Waals surface area contributed by atoms with Crippen molar-refractivity contribution < 1.29 is 17.9 Å². The average molecular weight is 424 g/mol. The summed E-state index contributed by atoms with van der Waals surface area (Å²) in [5.41, 5.74) is 1.44. The number of rotatable bonds is 6. The number of aryl methyl sites for hydroxylation is 1. The molecule has 0 radical (unpaired) electrons. The Bertz CT molecular complexity index is 1010. The maximum absolute atomic E-state index is 13.0. The summed E-state index contributed by atoms with van der Waals surface area (Å²) in [4.78, 5) is 17.2. The molecule has 3 aromatic heterocycles. The molecule has 3 aromatic rings. The molecule has 0 aromatic carbocycles. The van der Waals surface area contributed by atoms with Gasteiger partial charge in [0, 0.05) is 32.9 Å². The fourth-order valence-electron chi connectivity index (χ4n) is 3.47. The maximum atomic E-state index is 13.0. The number of nitrogens with zero attached hydrogens (tertiary/aromatic N) is 8. The van der Waals surface area contributed by atoms with Crippen LogP contribution in [0.5, 0.6) is 0 Å². The summed E-state index contributed by atoms with van der Waals surface area (Å²) >= 11 is 0. The molecular weight excluding hydrogens is 401 g/mol. The van der Waals surface area contributed by atoms with Gasteiger partial charge in [-0.05, 0) is 13.1 Å². The minimum Gasteiger partial charge on any atom is -0.378 e. The van der Waals surface area contributed by atoms with Crippen LogP contribution in [0.25, 0.3) is 11.2 Å². The molecule has 4 rings (SSSR count). The van der Waals surface area contributed by atoms with Gasteiger partial charge in [0.25, 0.3) is 0 Å². The van der Waals surface area contributed by atoms with Crippen LogP contribution in [0.15, 0.2) is 18.6 Å². The Labute approximate surface area is 171 Å². The zero-order chi connectivity index (χ0) is 21.3. The van der Waals surface area contributed by atoms with Gasteiger partial charge in [-0.15, -0.1) is 0 Å². The van der Waals surface area contributed by atoms with E-state index in [2.05, 4.69) is 20.1 Å². The fraction of sp³-hybridized carbons (Fsp3) is 0.556. The quantitative estimate of drug-likeness (QED) is 0.595. The largest absolute Gasteiger partial charge is 0.406 e. The molecule has 0 bridgehead atoms. The molecule has 9 nitrogen and oxygen atoms in total. The lowest BCUT2D eigenvalue weighted by molar-refractivity contribution is -0.140. The van der Waals surface area contributed by atoms with Gasteiger partial charge >= 0.3 is 6.18 Å². The van der Waals surface area contributed by atoms with Gasteiger partial charge in [0.05, 0.1) is 31.8 Å². The topological polar surface area (TPSA) is 77.1 Å². The van der Waals surface area contributed by atoms with Crippen molar-refractivity contribution in [3.63, 3.8) is 0 Å². The standard InChI is InChI=1S/C18H23F3N8O/c1-26(9-13-3-4-27(2)25-13)10-14-23-16(28-5-7-30-8-6-28)15-17(24-14)29(12-22-15)11-18(19,20)21/h3-4,12H,5-11H2,1-2H3. The summed E-state index contributed by atoms with van der Waals surface area (Å²) in [6.45, 7) is 2.04. The average Bonchev–Trinajstić information content (AvgIpc) is 3.26. The summed E-state index contributed by atoms with van der Waals surface area (Å²) < 4.78 is 47.2. The molecule has 0 unspecified atom stereocenters. The molecule has 0 aliphatic carbocycles. The summed E-state index contributed by atoms with van der Waals surface area (Å²) in [6.07, 6.45) is -1.33. The van der Waals surface area contributed by atoms with Crippen LogP contribution in [0.4, 0.5) is 19.0 Å². The van der Waals surface area contributed by atoms with Crippen molar-refractivity contribution in [1.82, 2.24) is 34.2 Å². The molecule has 162 valence electrons. The van der Waals surface area contributed by atoms with E-state index in [1.807, 2.05) is 36.2 Å². The van der Waals surface area contributed by atoms with Gasteiger partial charge in [0.1, 0.15) is 12.4 Å². The van der Waals surface area contributed by atoms with Crippen LogP contribution in [-0.4, -0.2) is 73.7 Å². The monoisotopic (exact) mass is 424 g/mol. The molecule has 0 saturated carbocycles. The van der Waals surface area contributed by atoms with Crippen LogP contribution < -0.4 is 4.90 Å². The molecule has 30 heavy (non-hydrogen) atoms. The van der Waals surface area contributed by atoms with Crippen LogP contribution in [0.2, 0.25) is 0 Å². The van der Waals surface area contributed by atoms with Crippen molar-refractivity contribution >= 4 is 17.0 Å². The van der Waals surface area contributed by atoms with E-state index in [-0.39, 0.29) is 5.65 Å². The van der Waals surface area contributed by atoms with Crippen LogP contribution in [-0.2, 0) is 31.4 Å². The van der Waals surface area contributed by atoms with Crippen molar-refractivity contribution in [3.8, 4) is 0 Å². The number of fused-ring (bicyclic) bond motifs is 1. The van der Waals surface area contributed by atoms with Gasteiger partial charge in [0.2, 0.25) is 0 Å². The number of anilines is 1. The lowest BCUT2D eigenvalue weighted by Crippen LogP contribution is -2.37. The molecule has 1 fully saturated rings. The number of hydrogen-bond donors (Lipinski definition) is 0. The summed E-state index contributed by atoms with van der Waals surface area (Å²) in [7, 11) is 3.74. The van der Waals surface area contributed by atoms with E-state index in [9.17, 15) is 13.2 Å². The van der Waals surface area contributed by atoms with Crippen LogP contribution in [0.1, 0.15) is 11.5 Å². The highest BCUT2D eigenvalue weighted by molar-refractivity contribution is 5.83. The fourth-order valence-corrected chi connectivity index (χ4v) is 3.47. The van der Waals surface area contributed by atoms with Gasteiger partial charge < -0.3 is 14.2 Å². The maximum Gasteiger partial charge on any atom is 0.406 e. The molecule has 0 atom stereocenters. The Balaban J connectivity index is 1.66. The van der Waals surface area contributed by atoms with E-state index in [0.717, 1.165) is 10.3 Å². The normalized spacial score (nSPS) is 15.5. The molecule has 0 amide bonds. The van der Waals surface area contributed by atoms with Gasteiger partial charge in [-0.3, -0.25) is 9.58 Å². The molecular formula is C18H23F3N8O. The Morgan fingerprint density at radius 2 is 1.93 bits per heavy atom. The first-order valence-corrected chi connectivity index (χ1v) is 9.57. The summed E-state index contributed by atoms with van der Waals surface area (Å²) in [5, 5.41) is 4.35. The van der Waals surface area contributed by atoms with Crippen molar-refractivity contribution in [2.24, 2.45) is 7.05 Å². The molecule has 1 saturated heterocycles. The zero-order valence-corrected chi connectivity index (χ0v) is 16.8. The minimum atomic E-state index is -4.37. The Kier molecular flexibility index (Phi) is 5.60. The highest BCUT2D eigenvalue weighted by atomic mass is 19.4. The Morgan fingerprint density at radius 3 is 2.60 bits per heavy atom. The van der Waals surface area contributed by atoms with E-state index in [1.54, 1.807) is 4.68 Å². The minimum absolute atomic E-state index is 0.185. The van der Waals surface area contributed by atoms with E-state index in [4.69, 9.17) is 4.74 Å². The molecule has 12 heteroatoms. The first-order valence-electron chi connectivity index (χ1n) is 9.57. The lowest BCUT2D eigenvalue weighted by Gasteiger charge is -2.28. The van der Waals surface area contributed by atoms with Crippen molar-refractivity contribution in [2.75, 3.05) is 38.3 Å². The van der Waals surface area contributed by atoms with E-state index < -0.39 is 12.7 Å². The second kappa shape index (κ2) is 8.19. The van der Waals surface area contributed by atoms with Gasteiger partial charge in [-0.2, -0.15) is 18.3 Å². The number of imidazole rings is 1. The second-order valence-electron chi connectivity index (χ2n) is 7.38. The van der Waals surface area contributed by atoms with Crippen molar-refractivity contribution in [2.45, 2.75) is 25.8 Å². The number of alkyl halides is 3. The van der Waals surface area contributed by atoms with Gasteiger partial charge in [0.15, 0.2) is 17.0 Å². The highest BCUT2D eigenvalue weighted by Crippen LogP contribution is 2.26. The third-order valence-electron chi connectivity index (χ3n) is 4.76. The van der Waals surface area contributed by atoms with Crippen molar-refractivity contribution in [3.05, 3.63) is 30.1 Å². The van der Waals surface area contributed by atoms with Crippen LogP contribution in [0.3, 0.4) is 0 Å². The number of aromatic nitrogens is 6. The SMILES string of the molecule is CN(Cc1ccn(C)n1)Cc1nc(N2CCOCC2)c2ncn(CC(F)(F)F)c2n1. The lowest BCUT2D eigenvalue weighted by atomic mass is 10.3. The smallest absolute Gasteiger partial charge is 0.378 e. The predicted octanol–water partition coefficient (Wildman–Crippen LogP) is 1.59. The molecule has 1 aliphatic rings. The van der Waals surface area contributed by atoms with E-state index in [1.165, 1.54) is 6.33 Å². The van der Waals surface area contributed by atoms with E-state index in [0.29, 0.717) is 56.6 Å². The highest BCUT2D eigenvalue weighted by Gasteiger charge is 2.30. The first-order chi connectivity index (χ1) is 14.3. The van der Waals surface area contributed by atoms with Crippen LogP contribution >= 0.6 is 0 Å². The van der Waals surface area contributed by atoms with Gasteiger partial charge in [-0.1, -0.05) is 0 Å². The number of halogens is 3.